The summed E-state index contributed by atoms with van der Waals surface area (Å²) in [5.41, 5.74) is -2.15. The molecule has 1 rings (SSSR count). The van der Waals surface area contributed by atoms with Crippen LogP contribution in [0.3, 0.4) is 0 Å². The molecule has 0 fully saturated rings. The van der Waals surface area contributed by atoms with E-state index in [0.717, 1.165) is 6.07 Å². The van der Waals surface area contributed by atoms with Crippen LogP contribution in [0, 0.1) is 5.82 Å². The van der Waals surface area contributed by atoms with Crippen LogP contribution in [0.15, 0.2) is 12.1 Å². The Labute approximate surface area is 87.2 Å². The van der Waals surface area contributed by atoms with Gasteiger partial charge in [-0.3, -0.25) is 0 Å². The molecule has 0 bridgehead atoms. The topological polar surface area (TPSA) is 40.5 Å². The summed E-state index contributed by atoms with van der Waals surface area (Å²) in [5, 5.41) is 16.5. The second kappa shape index (κ2) is 4.00. The summed E-state index contributed by atoms with van der Waals surface area (Å²) in [5.74, 6) is -1.63. The summed E-state index contributed by atoms with van der Waals surface area (Å²) < 4.78 is 49.6. The van der Waals surface area contributed by atoms with Crippen molar-refractivity contribution >= 4 is 24.2 Å². The number of halogens is 5. The fraction of sp³-hybridized carbons (Fsp3) is 0.143. The van der Waals surface area contributed by atoms with E-state index in [0.29, 0.717) is 6.07 Å². The van der Waals surface area contributed by atoms with E-state index in [2.05, 4.69) is 0 Å². The quantitative estimate of drug-likeness (QED) is 0.573. The van der Waals surface area contributed by atoms with E-state index in [1.54, 1.807) is 0 Å². The lowest BCUT2D eigenvalue weighted by molar-refractivity contribution is -0.139. The smallest absolute Gasteiger partial charge is 0.423 e. The second-order valence-corrected chi connectivity index (χ2v) is 3.14. The van der Waals surface area contributed by atoms with E-state index in [9.17, 15) is 17.6 Å². The molecule has 0 radical (unpaired) electrons. The van der Waals surface area contributed by atoms with E-state index in [1.807, 2.05) is 0 Å². The Morgan fingerprint density at radius 1 is 1.20 bits per heavy atom. The number of hydrogen-bond donors (Lipinski definition) is 2. The zero-order chi connectivity index (χ0) is 11.8. The molecule has 0 heterocycles. The van der Waals surface area contributed by atoms with Gasteiger partial charge in [-0.25, -0.2) is 4.39 Å². The highest BCUT2D eigenvalue weighted by Crippen LogP contribution is 2.33. The van der Waals surface area contributed by atoms with E-state index >= 15 is 0 Å². The zero-order valence-corrected chi connectivity index (χ0v) is 7.77. The van der Waals surface area contributed by atoms with Crippen LogP contribution >= 0.6 is 11.6 Å². The Balaban J connectivity index is 3.38. The maximum Gasteiger partial charge on any atom is 0.488 e. The zero-order valence-electron chi connectivity index (χ0n) is 7.02. The van der Waals surface area contributed by atoms with Gasteiger partial charge in [0.05, 0.1) is 10.6 Å². The van der Waals surface area contributed by atoms with Gasteiger partial charge in [-0.1, -0.05) is 11.6 Å². The molecule has 1 aromatic carbocycles. The Kier molecular flexibility index (Phi) is 3.27. The molecule has 0 aromatic heterocycles. The van der Waals surface area contributed by atoms with Crippen molar-refractivity contribution in [2.75, 3.05) is 0 Å². The molecule has 0 aliphatic carbocycles. The first kappa shape index (κ1) is 12.3. The summed E-state index contributed by atoms with van der Waals surface area (Å²) in [6.45, 7) is 0. The highest BCUT2D eigenvalue weighted by atomic mass is 35.5. The largest absolute Gasteiger partial charge is 0.488 e. The second-order valence-electron chi connectivity index (χ2n) is 2.74. The van der Waals surface area contributed by atoms with Gasteiger partial charge < -0.3 is 10.0 Å². The highest BCUT2D eigenvalue weighted by Gasteiger charge is 2.36. The summed E-state index contributed by atoms with van der Waals surface area (Å²) in [4.78, 5) is 0. The van der Waals surface area contributed by atoms with Crippen molar-refractivity contribution in [3.63, 3.8) is 0 Å². The Hall–Kier alpha value is -0.785. The normalized spacial score (nSPS) is 11.7. The molecule has 82 valence electrons. The molecule has 0 aliphatic heterocycles. The van der Waals surface area contributed by atoms with Gasteiger partial charge in [-0.15, -0.1) is 0 Å². The number of benzene rings is 1. The Bertz CT molecular complexity index is 380. The summed E-state index contributed by atoms with van der Waals surface area (Å²) >= 11 is 5.17. The highest BCUT2D eigenvalue weighted by molar-refractivity contribution is 6.59. The molecule has 8 heteroatoms. The summed E-state index contributed by atoms with van der Waals surface area (Å²) in [6.07, 6.45) is -4.93. The first-order valence-corrected chi connectivity index (χ1v) is 4.03. The minimum absolute atomic E-state index is 0.297. The first-order valence-electron chi connectivity index (χ1n) is 3.65. The molecule has 1 aromatic rings. The molecule has 2 N–H and O–H groups in total. The van der Waals surface area contributed by atoms with Crippen LogP contribution < -0.4 is 5.46 Å². The average molecular weight is 242 g/mol. The third-order valence-corrected chi connectivity index (χ3v) is 1.93. The van der Waals surface area contributed by atoms with Gasteiger partial charge in [0.2, 0.25) is 0 Å². The van der Waals surface area contributed by atoms with Crippen LogP contribution in [0.1, 0.15) is 5.56 Å². The van der Waals surface area contributed by atoms with Crippen LogP contribution in [0.2, 0.25) is 5.02 Å². The fourth-order valence-corrected chi connectivity index (χ4v) is 1.19. The molecule has 0 atom stereocenters. The Morgan fingerprint density at radius 2 is 1.73 bits per heavy atom. The van der Waals surface area contributed by atoms with E-state index in [1.165, 1.54) is 0 Å². The van der Waals surface area contributed by atoms with Gasteiger partial charge >= 0.3 is 13.3 Å². The van der Waals surface area contributed by atoms with Gasteiger partial charge in [0, 0.05) is 0 Å². The third-order valence-electron chi connectivity index (χ3n) is 1.65. The maximum absolute atomic E-state index is 12.9. The molecule has 0 saturated heterocycles. The van der Waals surface area contributed by atoms with E-state index < -0.39 is 35.2 Å². The molecule has 0 aliphatic rings. The number of hydrogen-bond acceptors (Lipinski definition) is 2. The molecular weight excluding hydrogens is 238 g/mol. The van der Waals surface area contributed by atoms with Crippen molar-refractivity contribution in [2.24, 2.45) is 0 Å². The minimum Gasteiger partial charge on any atom is -0.423 e. The number of alkyl halides is 3. The predicted octanol–water partition coefficient (Wildman–Crippen LogP) is 1.18. The van der Waals surface area contributed by atoms with Crippen molar-refractivity contribution in [1.82, 2.24) is 0 Å². The molecule has 15 heavy (non-hydrogen) atoms. The molecule has 0 amide bonds. The van der Waals surface area contributed by atoms with Crippen molar-refractivity contribution in [2.45, 2.75) is 6.18 Å². The van der Waals surface area contributed by atoms with Crippen LogP contribution in [0.5, 0.6) is 0 Å². The molecule has 0 saturated carbocycles. The van der Waals surface area contributed by atoms with Gasteiger partial charge in [0.25, 0.3) is 0 Å². The van der Waals surface area contributed by atoms with Crippen LogP contribution in [0.25, 0.3) is 0 Å². The van der Waals surface area contributed by atoms with Crippen molar-refractivity contribution < 1.29 is 27.6 Å². The van der Waals surface area contributed by atoms with E-state index in [-0.39, 0.29) is 0 Å². The number of rotatable bonds is 1. The summed E-state index contributed by atoms with van der Waals surface area (Å²) in [7, 11) is -2.13. The van der Waals surface area contributed by atoms with Crippen molar-refractivity contribution in [3.05, 3.63) is 28.5 Å². The lowest BCUT2D eigenvalue weighted by Crippen LogP contribution is -2.31. The minimum atomic E-state index is -4.93. The van der Waals surface area contributed by atoms with Gasteiger partial charge in [-0.2, -0.15) is 13.2 Å². The van der Waals surface area contributed by atoms with Crippen molar-refractivity contribution in [1.29, 1.82) is 0 Å². The molecular formula is C7H4BClF4O2. The molecule has 2 nitrogen and oxygen atoms in total. The molecule has 0 spiro atoms. The summed E-state index contributed by atoms with van der Waals surface area (Å²) in [6, 6.07) is 1.02. The Morgan fingerprint density at radius 3 is 2.13 bits per heavy atom. The van der Waals surface area contributed by atoms with Crippen LogP contribution in [0.4, 0.5) is 17.6 Å². The van der Waals surface area contributed by atoms with Gasteiger partial charge in [0.15, 0.2) is 5.82 Å². The predicted molar refractivity (Wildman–Crippen MR) is 46.2 cm³/mol. The average Bonchev–Trinajstić information content (AvgIpc) is 2.06. The van der Waals surface area contributed by atoms with Crippen molar-refractivity contribution in [3.8, 4) is 0 Å². The molecule has 0 unspecified atom stereocenters. The van der Waals surface area contributed by atoms with Gasteiger partial charge in [-0.05, 0) is 17.6 Å². The van der Waals surface area contributed by atoms with E-state index in [4.69, 9.17) is 21.6 Å². The van der Waals surface area contributed by atoms with Crippen LogP contribution in [-0.2, 0) is 6.18 Å². The van der Waals surface area contributed by atoms with Crippen LogP contribution in [-0.4, -0.2) is 17.2 Å². The lowest BCUT2D eigenvalue weighted by Gasteiger charge is -2.11. The third kappa shape index (κ3) is 2.61. The maximum atomic E-state index is 12.9. The fourth-order valence-electron chi connectivity index (χ4n) is 0.965. The SMILES string of the molecule is OB(O)c1cc(Cl)c(F)c(C(F)(F)F)c1. The lowest BCUT2D eigenvalue weighted by atomic mass is 9.79. The van der Waals surface area contributed by atoms with Gasteiger partial charge in [0.1, 0.15) is 0 Å². The standard InChI is InChI=1S/C7H4BClF4O2/c9-5-2-3(8(14)15)1-4(6(5)10)7(11,12)13/h1-2,14-15H. The monoisotopic (exact) mass is 242 g/mol. The first-order chi connectivity index (χ1) is 6.73.